The van der Waals surface area contributed by atoms with Crippen molar-refractivity contribution < 1.29 is 0 Å². The molecule has 21 heavy (non-hydrogen) atoms. The summed E-state index contributed by atoms with van der Waals surface area (Å²) >= 11 is 0. The molecule has 2 rings (SSSR count). The average Bonchev–Trinajstić information content (AvgIpc) is 2.94. The average molecular weight is 295 g/mol. The van der Waals surface area contributed by atoms with Crippen molar-refractivity contribution in [2.45, 2.75) is 103 Å². The van der Waals surface area contributed by atoms with Gasteiger partial charge in [-0.1, -0.05) is 32.6 Å². The van der Waals surface area contributed by atoms with Gasteiger partial charge in [0.1, 0.15) is 0 Å². The smallest absolute Gasteiger partial charge is 0.0334 e. The van der Waals surface area contributed by atoms with Crippen LogP contribution in [0, 0.1) is 5.41 Å². The number of nitrogens with zero attached hydrogens (tertiary/aromatic N) is 1. The van der Waals surface area contributed by atoms with Crippen LogP contribution in [0.15, 0.2) is 0 Å². The van der Waals surface area contributed by atoms with Crippen LogP contribution >= 0.6 is 0 Å². The number of rotatable bonds is 7. The normalized spacial score (nSPS) is 24.3. The molecule has 0 aromatic carbocycles. The molecule has 2 aliphatic rings. The highest BCUT2D eigenvalue weighted by Crippen LogP contribution is 2.52. The van der Waals surface area contributed by atoms with Crippen LogP contribution in [0.1, 0.15) is 91.4 Å². The molecule has 0 aliphatic heterocycles. The van der Waals surface area contributed by atoms with Gasteiger partial charge in [0.05, 0.1) is 0 Å². The van der Waals surface area contributed by atoms with Gasteiger partial charge in [0, 0.05) is 18.1 Å². The fourth-order valence-electron chi connectivity index (χ4n) is 5.05. The van der Waals surface area contributed by atoms with Crippen molar-refractivity contribution in [3.63, 3.8) is 0 Å². The van der Waals surface area contributed by atoms with Crippen molar-refractivity contribution in [3.8, 4) is 0 Å². The van der Waals surface area contributed by atoms with Crippen LogP contribution in [0.25, 0.3) is 0 Å². The van der Waals surface area contributed by atoms with Gasteiger partial charge in [-0.3, -0.25) is 4.90 Å². The molecular weight excluding hydrogens is 256 g/mol. The van der Waals surface area contributed by atoms with E-state index in [9.17, 15) is 0 Å². The second-order valence-corrected chi connectivity index (χ2v) is 8.13. The van der Waals surface area contributed by atoms with E-state index in [2.05, 4.69) is 25.7 Å². The highest BCUT2D eigenvalue weighted by molar-refractivity contribution is 5.02. The lowest BCUT2D eigenvalue weighted by molar-refractivity contribution is -0.00646. The first-order valence-corrected chi connectivity index (χ1v) is 9.54. The molecule has 2 nitrogen and oxygen atoms in total. The van der Waals surface area contributed by atoms with Gasteiger partial charge in [-0.15, -0.1) is 0 Å². The Labute approximate surface area is 132 Å². The van der Waals surface area contributed by atoms with Crippen LogP contribution in [-0.4, -0.2) is 29.6 Å². The molecule has 1 spiro atoms. The van der Waals surface area contributed by atoms with E-state index < -0.39 is 0 Å². The van der Waals surface area contributed by atoms with Crippen molar-refractivity contribution in [2.24, 2.45) is 11.1 Å². The molecule has 2 fully saturated rings. The summed E-state index contributed by atoms with van der Waals surface area (Å²) in [5, 5.41) is 0. The summed E-state index contributed by atoms with van der Waals surface area (Å²) in [6, 6.07) is 0.628. The molecule has 0 aromatic heterocycles. The quantitative estimate of drug-likeness (QED) is 0.688. The third-order valence-corrected chi connectivity index (χ3v) is 6.52. The van der Waals surface area contributed by atoms with Crippen molar-refractivity contribution in [3.05, 3.63) is 0 Å². The van der Waals surface area contributed by atoms with E-state index in [-0.39, 0.29) is 0 Å². The molecule has 2 N–H and O–H groups in total. The van der Waals surface area contributed by atoms with Crippen LogP contribution < -0.4 is 5.73 Å². The predicted molar refractivity (Wildman–Crippen MR) is 92.5 cm³/mol. The molecule has 0 unspecified atom stereocenters. The Hall–Kier alpha value is -0.0800. The predicted octanol–water partition coefficient (Wildman–Crippen LogP) is 4.72. The van der Waals surface area contributed by atoms with Gasteiger partial charge >= 0.3 is 0 Å². The molecule has 0 saturated heterocycles. The van der Waals surface area contributed by atoms with Gasteiger partial charge in [-0.25, -0.2) is 0 Å². The second kappa shape index (κ2) is 7.46. The summed E-state index contributed by atoms with van der Waals surface area (Å²) in [5.74, 6) is 0. The summed E-state index contributed by atoms with van der Waals surface area (Å²) in [7, 11) is 0. The van der Waals surface area contributed by atoms with Crippen molar-refractivity contribution in [1.29, 1.82) is 0 Å². The Morgan fingerprint density at radius 2 is 1.57 bits per heavy atom. The lowest BCUT2D eigenvalue weighted by Gasteiger charge is -2.52. The van der Waals surface area contributed by atoms with E-state index >= 15 is 0 Å². The summed E-state index contributed by atoms with van der Waals surface area (Å²) in [6.45, 7) is 9.12. The number of nitrogens with two attached hydrogens (primary N) is 1. The molecule has 0 bridgehead atoms. The summed E-state index contributed by atoms with van der Waals surface area (Å²) in [4.78, 5) is 2.77. The molecule has 2 saturated carbocycles. The Morgan fingerprint density at radius 3 is 2.05 bits per heavy atom. The largest absolute Gasteiger partial charge is 0.329 e. The topological polar surface area (TPSA) is 29.3 Å². The van der Waals surface area contributed by atoms with E-state index in [0.29, 0.717) is 17.0 Å². The maximum Gasteiger partial charge on any atom is 0.0334 e. The number of unbranched alkanes of at least 4 members (excludes halogenated alkanes) is 2. The zero-order valence-corrected chi connectivity index (χ0v) is 14.8. The number of hydrogen-bond acceptors (Lipinski definition) is 2. The van der Waals surface area contributed by atoms with Gasteiger partial charge in [-0.05, 0) is 70.8 Å². The van der Waals surface area contributed by atoms with E-state index in [0.717, 1.165) is 6.54 Å². The molecule has 0 heterocycles. The van der Waals surface area contributed by atoms with Crippen LogP contribution in [0.2, 0.25) is 0 Å². The standard InChI is InChI=1S/C19H38N2/c1-4-5-8-15-21(17(2)3)19(16-20)13-11-18(12-14-19)9-6-7-10-18/h17H,4-16,20H2,1-3H3. The lowest BCUT2D eigenvalue weighted by atomic mass is 9.65. The fraction of sp³-hybridized carbons (Fsp3) is 1.00. The van der Waals surface area contributed by atoms with E-state index in [1.54, 1.807) is 0 Å². The summed E-state index contributed by atoms with van der Waals surface area (Å²) < 4.78 is 0. The van der Waals surface area contributed by atoms with Gasteiger partial charge < -0.3 is 5.73 Å². The Morgan fingerprint density at radius 1 is 0.952 bits per heavy atom. The van der Waals surface area contributed by atoms with Crippen molar-refractivity contribution >= 4 is 0 Å². The maximum atomic E-state index is 6.33. The molecule has 2 aliphatic carbocycles. The van der Waals surface area contributed by atoms with E-state index in [1.165, 1.54) is 77.2 Å². The van der Waals surface area contributed by atoms with Crippen LogP contribution in [0.5, 0.6) is 0 Å². The first kappa shape index (κ1) is 17.3. The zero-order valence-electron chi connectivity index (χ0n) is 14.8. The Bertz CT molecular complexity index is 295. The highest BCUT2D eigenvalue weighted by atomic mass is 15.2. The minimum absolute atomic E-state index is 0.301. The van der Waals surface area contributed by atoms with Gasteiger partial charge in [0.15, 0.2) is 0 Å². The van der Waals surface area contributed by atoms with Crippen LogP contribution in [0.3, 0.4) is 0 Å². The van der Waals surface area contributed by atoms with Crippen molar-refractivity contribution in [2.75, 3.05) is 13.1 Å². The van der Waals surface area contributed by atoms with Gasteiger partial charge in [-0.2, -0.15) is 0 Å². The van der Waals surface area contributed by atoms with E-state index in [4.69, 9.17) is 5.73 Å². The third kappa shape index (κ3) is 3.82. The summed E-state index contributed by atoms with van der Waals surface area (Å²) in [6.07, 6.45) is 15.5. The number of hydrogen-bond donors (Lipinski definition) is 1. The molecule has 124 valence electrons. The fourth-order valence-corrected chi connectivity index (χ4v) is 5.05. The zero-order chi connectivity index (χ0) is 15.3. The molecule has 0 amide bonds. The van der Waals surface area contributed by atoms with E-state index in [1.807, 2.05) is 0 Å². The Kier molecular flexibility index (Phi) is 6.14. The summed E-state index contributed by atoms with van der Waals surface area (Å²) in [5.41, 5.74) is 7.34. The van der Waals surface area contributed by atoms with Gasteiger partial charge in [0.25, 0.3) is 0 Å². The van der Waals surface area contributed by atoms with Crippen molar-refractivity contribution in [1.82, 2.24) is 4.90 Å². The van der Waals surface area contributed by atoms with Gasteiger partial charge in [0.2, 0.25) is 0 Å². The SMILES string of the molecule is CCCCCN(C(C)C)C1(CN)CCC2(CCCC2)CC1. The van der Waals surface area contributed by atoms with Crippen LogP contribution in [-0.2, 0) is 0 Å². The minimum atomic E-state index is 0.301. The first-order valence-electron chi connectivity index (χ1n) is 9.54. The molecular formula is C19H38N2. The molecule has 0 aromatic rings. The monoisotopic (exact) mass is 294 g/mol. The van der Waals surface area contributed by atoms with Crippen LogP contribution in [0.4, 0.5) is 0 Å². The minimum Gasteiger partial charge on any atom is -0.329 e. The molecule has 0 atom stereocenters. The highest BCUT2D eigenvalue weighted by Gasteiger charge is 2.46. The third-order valence-electron chi connectivity index (χ3n) is 6.52. The molecule has 0 radical (unpaired) electrons. The second-order valence-electron chi connectivity index (χ2n) is 8.13. The lowest BCUT2D eigenvalue weighted by Crippen LogP contribution is -2.59. The first-order chi connectivity index (χ1) is 10.1. The maximum absolute atomic E-state index is 6.33. The molecule has 2 heteroatoms. The Balaban J connectivity index is 2.01.